The molecule has 1 aromatic carbocycles. The first-order chi connectivity index (χ1) is 9.58. The molecule has 0 aromatic heterocycles. The van der Waals surface area contributed by atoms with Gasteiger partial charge in [-0.15, -0.1) is 0 Å². The van der Waals surface area contributed by atoms with Gasteiger partial charge < -0.3 is 10.6 Å². The van der Waals surface area contributed by atoms with Crippen LogP contribution in [0.3, 0.4) is 0 Å². The lowest BCUT2D eigenvalue weighted by Crippen LogP contribution is -2.30. The monoisotopic (exact) mass is 297 g/mol. The van der Waals surface area contributed by atoms with E-state index < -0.39 is 10.8 Å². The first-order valence-electron chi connectivity index (χ1n) is 6.53. The molecule has 20 heavy (non-hydrogen) atoms. The van der Waals surface area contributed by atoms with Gasteiger partial charge in [0.15, 0.2) is 0 Å². The average molecular weight is 298 g/mol. The molecular weight excluding hydrogens is 282 g/mol. The number of carbonyl (C=O) groups excluding carboxylic acids is 1. The molecule has 1 aliphatic rings. The molecule has 2 rings (SSSR count). The largest absolute Gasteiger partial charge is 0.352 e. The zero-order chi connectivity index (χ0) is 14.5. The first kappa shape index (κ1) is 14.7. The van der Waals surface area contributed by atoms with E-state index in [0.29, 0.717) is 17.6 Å². The van der Waals surface area contributed by atoms with Crippen molar-refractivity contribution < 1.29 is 9.72 Å². The Morgan fingerprint density at radius 3 is 3.00 bits per heavy atom. The van der Waals surface area contributed by atoms with E-state index in [1.165, 1.54) is 18.2 Å². The van der Waals surface area contributed by atoms with E-state index in [-0.39, 0.29) is 11.3 Å². The van der Waals surface area contributed by atoms with Crippen LogP contribution in [0.4, 0.5) is 5.69 Å². The van der Waals surface area contributed by atoms with Crippen LogP contribution in [0.25, 0.3) is 0 Å². The molecule has 1 aliphatic heterocycles. The van der Waals surface area contributed by atoms with Crippen molar-refractivity contribution in [3.05, 3.63) is 38.9 Å². The number of nitro benzene ring substituents is 1. The Balaban J connectivity index is 1.97. The Morgan fingerprint density at radius 2 is 2.35 bits per heavy atom. The topological polar surface area (TPSA) is 84.3 Å². The van der Waals surface area contributed by atoms with Gasteiger partial charge in [-0.05, 0) is 37.9 Å². The predicted molar refractivity (Wildman–Crippen MR) is 76.1 cm³/mol. The highest BCUT2D eigenvalue weighted by molar-refractivity contribution is 6.31. The summed E-state index contributed by atoms with van der Waals surface area (Å²) in [6, 6.07) is 4.39. The Kier molecular flexibility index (Phi) is 4.92. The summed E-state index contributed by atoms with van der Waals surface area (Å²) in [7, 11) is 0. The Labute approximate surface area is 121 Å². The van der Waals surface area contributed by atoms with Gasteiger partial charge >= 0.3 is 0 Å². The molecule has 6 nitrogen and oxygen atoms in total. The van der Waals surface area contributed by atoms with Crippen LogP contribution in [0.15, 0.2) is 18.2 Å². The van der Waals surface area contributed by atoms with Gasteiger partial charge in [-0.2, -0.15) is 0 Å². The SMILES string of the molecule is O=C(NCC[C@@H]1CCCN1)c1cc(Cl)ccc1[N+](=O)[O-]. The zero-order valence-electron chi connectivity index (χ0n) is 10.9. The number of carbonyl (C=O) groups is 1. The second-order valence-electron chi connectivity index (χ2n) is 4.76. The zero-order valence-corrected chi connectivity index (χ0v) is 11.7. The number of nitrogens with zero attached hydrogens (tertiary/aromatic N) is 1. The Morgan fingerprint density at radius 1 is 1.55 bits per heavy atom. The van der Waals surface area contributed by atoms with Crippen LogP contribution in [-0.2, 0) is 0 Å². The van der Waals surface area contributed by atoms with Gasteiger partial charge in [-0.3, -0.25) is 14.9 Å². The van der Waals surface area contributed by atoms with Gasteiger partial charge in [-0.25, -0.2) is 0 Å². The summed E-state index contributed by atoms with van der Waals surface area (Å²) in [5.41, 5.74) is -0.229. The maximum Gasteiger partial charge on any atom is 0.282 e. The van der Waals surface area contributed by atoms with Crippen molar-refractivity contribution in [3.8, 4) is 0 Å². The molecule has 1 amide bonds. The molecule has 0 spiro atoms. The second kappa shape index (κ2) is 6.67. The van der Waals surface area contributed by atoms with Crippen LogP contribution in [0.2, 0.25) is 5.02 Å². The number of nitro groups is 1. The fourth-order valence-corrected chi connectivity index (χ4v) is 2.48. The maximum absolute atomic E-state index is 12.0. The highest BCUT2D eigenvalue weighted by Gasteiger charge is 2.21. The van der Waals surface area contributed by atoms with E-state index in [2.05, 4.69) is 10.6 Å². The molecule has 0 radical (unpaired) electrons. The van der Waals surface area contributed by atoms with E-state index in [4.69, 9.17) is 11.6 Å². The summed E-state index contributed by atoms with van der Waals surface area (Å²) < 4.78 is 0. The standard InChI is InChI=1S/C13H16ClN3O3/c14-9-3-4-12(17(19)20)11(8-9)13(18)16-7-5-10-2-1-6-15-10/h3-4,8,10,15H,1-2,5-7H2,(H,16,18)/t10-/m0/s1. The Hall–Kier alpha value is -1.66. The van der Waals surface area contributed by atoms with Crippen molar-refractivity contribution in [1.29, 1.82) is 0 Å². The molecule has 1 heterocycles. The summed E-state index contributed by atoms with van der Waals surface area (Å²) >= 11 is 5.79. The molecule has 108 valence electrons. The molecule has 0 bridgehead atoms. The fraction of sp³-hybridized carbons (Fsp3) is 0.462. The number of hydrogen-bond donors (Lipinski definition) is 2. The number of nitrogens with one attached hydrogen (secondary N) is 2. The van der Waals surface area contributed by atoms with Crippen molar-refractivity contribution in [2.75, 3.05) is 13.1 Å². The van der Waals surface area contributed by atoms with Gasteiger partial charge in [0.2, 0.25) is 0 Å². The minimum Gasteiger partial charge on any atom is -0.352 e. The van der Waals surface area contributed by atoms with Crippen LogP contribution in [0.1, 0.15) is 29.6 Å². The van der Waals surface area contributed by atoms with E-state index >= 15 is 0 Å². The summed E-state index contributed by atoms with van der Waals surface area (Å²) in [5.74, 6) is -0.461. The second-order valence-corrected chi connectivity index (χ2v) is 5.19. The van der Waals surface area contributed by atoms with Gasteiger partial charge in [0.05, 0.1) is 4.92 Å². The van der Waals surface area contributed by atoms with Crippen molar-refractivity contribution in [2.45, 2.75) is 25.3 Å². The molecule has 1 fully saturated rings. The summed E-state index contributed by atoms with van der Waals surface area (Å²) in [6.45, 7) is 1.50. The summed E-state index contributed by atoms with van der Waals surface area (Å²) in [4.78, 5) is 22.3. The van der Waals surface area contributed by atoms with Gasteiger partial charge in [0, 0.05) is 23.7 Å². The van der Waals surface area contributed by atoms with Crippen LogP contribution < -0.4 is 10.6 Å². The highest BCUT2D eigenvalue weighted by atomic mass is 35.5. The summed E-state index contributed by atoms with van der Waals surface area (Å²) in [5, 5.41) is 17.2. The van der Waals surface area contributed by atoms with Crippen LogP contribution in [0, 0.1) is 10.1 Å². The molecule has 2 N–H and O–H groups in total. The third kappa shape index (κ3) is 3.68. The molecule has 0 saturated carbocycles. The molecule has 0 unspecified atom stereocenters. The number of rotatable bonds is 5. The number of hydrogen-bond acceptors (Lipinski definition) is 4. The molecule has 7 heteroatoms. The van der Waals surface area contributed by atoms with Gasteiger partial charge in [0.1, 0.15) is 5.56 Å². The van der Waals surface area contributed by atoms with Crippen molar-refractivity contribution in [2.24, 2.45) is 0 Å². The Bertz CT molecular complexity index is 516. The third-order valence-corrected chi connectivity index (χ3v) is 3.58. The molecule has 1 atom stereocenters. The number of halogens is 1. The lowest BCUT2D eigenvalue weighted by Gasteiger charge is -2.11. The lowest BCUT2D eigenvalue weighted by atomic mass is 10.1. The minimum atomic E-state index is -0.580. The number of benzene rings is 1. The fourth-order valence-electron chi connectivity index (χ4n) is 2.31. The normalized spacial score (nSPS) is 17.9. The smallest absolute Gasteiger partial charge is 0.282 e. The van der Waals surface area contributed by atoms with Crippen LogP contribution >= 0.6 is 11.6 Å². The highest BCUT2D eigenvalue weighted by Crippen LogP contribution is 2.22. The maximum atomic E-state index is 12.0. The van der Waals surface area contributed by atoms with Crippen molar-refractivity contribution in [3.63, 3.8) is 0 Å². The third-order valence-electron chi connectivity index (χ3n) is 3.34. The van der Waals surface area contributed by atoms with Crippen molar-refractivity contribution >= 4 is 23.2 Å². The molecule has 0 aliphatic carbocycles. The van der Waals surface area contributed by atoms with E-state index in [1.54, 1.807) is 0 Å². The predicted octanol–water partition coefficient (Wildman–Crippen LogP) is 2.12. The molecule has 1 saturated heterocycles. The van der Waals surface area contributed by atoms with Gasteiger partial charge in [-0.1, -0.05) is 11.6 Å². The first-order valence-corrected chi connectivity index (χ1v) is 6.91. The minimum absolute atomic E-state index is 0.00174. The molecular formula is C13H16ClN3O3. The van der Waals surface area contributed by atoms with E-state index in [1.807, 2.05) is 0 Å². The quantitative estimate of drug-likeness (QED) is 0.644. The van der Waals surface area contributed by atoms with E-state index in [9.17, 15) is 14.9 Å². The lowest BCUT2D eigenvalue weighted by molar-refractivity contribution is -0.385. The summed E-state index contributed by atoms with van der Waals surface area (Å²) in [6.07, 6.45) is 3.08. The van der Waals surface area contributed by atoms with Gasteiger partial charge in [0.25, 0.3) is 11.6 Å². The van der Waals surface area contributed by atoms with Crippen molar-refractivity contribution in [1.82, 2.24) is 10.6 Å². The van der Waals surface area contributed by atoms with Crippen LogP contribution in [-0.4, -0.2) is 30.0 Å². The average Bonchev–Trinajstić information content (AvgIpc) is 2.91. The van der Waals surface area contributed by atoms with Crippen LogP contribution in [0.5, 0.6) is 0 Å². The van der Waals surface area contributed by atoms with E-state index in [0.717, 1.165) is 25.8 Å². The number of amides is 1. The molecule has 1 aromatic rings.